The lowest BCUT2D eigenvalue weighted by Crippen LogP contribution is -1.83. The minimum Gasteiger partial charge on any atom is -0.457 e. The molecule has 0 saturated heterocycles. The molecule has 1 nitrogen and oxygen atoms in total. The summed E-state index contributed by atoms with van der Waals surface area (Å²) in [5.41, 5.74) is 2.33. The van der Waals surface area contributed by atoms with Gasteiger partial charge in [0.25, 0.3) is 0 Å². The summed E-state index contributed by atoms with van der Waals surface area (Å²) in [5, 5.41) is 0. The Morgan fingerprint density at radius 3 is 2.05 bits per heavy atom. The quantitative estimate of drug-likeness (QED) is 0.634. The third-order valence-corrected chi connectivity index (χ3v) is 2.87. The van der Waals surface area contributed by atoms with Crippen molar-refractivity contribution in [3.63, 3.8) is 0 Å². The Bertz CT molecular complexity index is 628. The zero-order valence-corrected chi connectivity index (χ0v) is 10.4. The van der Waals surface area contributed by atoms with Crippen molar-refractivity contribution in [1.29, 1.82) is 0 Å². The van der Waals surface area contributed by atoms with E-state index >= 15 is 0 Å². The van der Waals surface area contributed by atoms with Gasteiger partial charge in [-0.2, -0.15) is 0 Å². The molecule has 0 atom stereocenters. The van der Waals surface area contributed by atoms with Gasteiger partial charge in [0.1, 0.15) is 11.5 Å². The lowest BCUT2D eigenvalue weighted by Gasteiger charge is -2.06. The number of hydrogen-bond acceptors (Lipinski definition) is 1. The van der Waals surface area contributed by atoms with E-state index in [0.29, 0.717) is 0 Å². The van der Waals surface area contributed by atoms with Crippen LogP contribution in [0.15, 0.2) is 78.9 Å². The van der Waals surface area contributed by atoms with Gasteiger partial charge in [-0.1, -0.05) is 48.5 Å². The number of benzene rings is 3. The fourth-order valence-electron chi connectivity index (χ4n) is 1.91. The maximum Gasteiger partial charge on any atom is 0.127 e. The summed E-state index contributed by atoms with van der Waals surface area (Å²) < 4.78 is 5.76. The fraction of sp³-hybridized carbons (Fsp3) is 0. The van der Waals surface area contributed by atoms with Gasteiger partial charge in [0.15, 0.2) is 0 Å². The second-order valence-electron chi connectivity index (χ2n) is 4.23. The van der Waals surface area contributed by atoms with Gasteiger partial charge in [0.05, 0.1) is 0 Å². The van der Waals surface area contributed by atoms with E-state index < -0.39 is 0 Å². The average molecular weight is 245 g/mol. The van der Waals surface area contributed by atoms with Crippen LogP contribution < -0.4 is 4.74 Å². The van der Waals surface area contributed by atoms with Gasteiger partial charge in [-0.3, -0.25) is 0 Å². The maximum absolute atomic E-state index is 5.76. The molecule has 0 saturated carbocycles. The normalized spacial score (nSPS) is 10.1. The van der Waals surface area contributed by atoms with Crippen molar-refractivity contribution in [3.8, 4) is 22.6 Å². The summed E-state index contributed by atoms with van der Waals surface area (Å²) in [7, 11) is 0. The molecule has 0 aliphatic carbocycles. The first-order chi connectivity index (χ1) is 9.42. The van der Waals surface area contributed by atoms with E-state index in [4.69, 9.17) is 4.74 Å². The van der Waals surface area contributed by atoms with Gasteiger partial charge >= 0.3 is 0 Å². The number of ether oxygens (including phenoxy) is 1. The van der Waals surface area contributed by atoms with E-state index in [1.54, 1.807) is 0 Å². The van der Waals surface area contributed by atoms with Crippen LogP contribution in [0.25, 0.3) is 11.1 Å². The van der Waals surface area contributed by atoms with Crippen molar-refractivity contribution in [1.82, 2.24) is 0 Å². The Morgan fingerprint density at radius 2 is 1.37 bits per heavy atom. The summed E-state index contributed by atoms with van der Waals surface area (Å²) >= 11 is 0. The Labute approximate surface area is 113 Å². The van der Waals surface area contributed by atoms with E-state index in [0.717, 1.165) is 22.6 Å². The molecule has 3 aromatic rings. The highest BCUT2D eigenvalue weighted by molar-refractivity contribution is 5.63. The van der Waals surface area contributed by atoms with E-state index in [2.05, 4.69) is 24.3 Å². The predicted octanol–water partition coefficient (Wildman–Crippen LogP) is 4.95. The van der Waals surface area contributed by atoms with Crippen molar-refractivity contribution in [2.24, 2.45) is 0 Å². The highest BCUT2D eigenvalue weighted by Crippen LogP contribution is 2.25. The van der Waals surface area contributed by atoms with Crippen LogP contribution >= 0.6 is 0 Å². The van der Waals surface area contributed by atoms with E-state index in [1.165, 1.54) is 0 Å². The van der Waals surface area contributed by atoms with Gasteiger partial charge < -0.3 is 4.74 Å². The summed E-state index contributed by atoms with van der Waals surface area (Å²) in [5.74, 6) is 1.69. The maximum atomic E-state index is 5.76. The Kier molecular flexibility index (Phi) is 3.28. The second-order valence-corrected chi connectivity index (χ2v) is 4.23. The molecule has 19 heavy (non-hydrogen) atoms. The Hall–Kier alpha value is -2.54. The summed E-state index contributed by atoms with van der Waals surface area (Å²) in [6.07, 6.45) is 0. The molecule has 1 heteroatoms. The lowest BCUT2D eigenvalue weighted by atomic mass is 10.1. The molecule has 0 amide bonds. The molecular weight excluding hydrogens is 232 g/mol. The first kappa shape index (κ1) is 11.5. The Morgan fingerprint density at radius 1 is 0.632 bits per heavy atom. The van der Waals surface area contributed by atoms with Crippen LogP contribution in [0.3, 0.4) is 0 Å². The third kappa shape index (κ3) is 2.83. The highest BCUT2D eigenvalue weighted by atomic mass is 16.5. The van der Waals surface area contributed by atoms with Gasteiger partial charge in [0.2, 0.25) is 0 Å². The first-order valence-electron chi connectivity index (χ1n) is 6.21. The van der Waals surface area contributed by atoms with E-state index in [1.807, 2.05) is 60.7 Å². The minimum absolute atomic E-state index is 0.842. The van der Waals surface area contributed by atoms with Crippen LogP contribution in [-0.4, -0.2) is 0 Å². The SMILES string of the molecule is [c]1cccc(-c2ccc(Oc3ccccc3)cc2)c1. The molecule has 0 aromatic heterocycles. The molecule has 0 aliphatic heterocycles. The summed E-state index contributed by atoms with van der Waals surface area (Å²) in [4.78, 5) is 0. The number of rotatable bonds is 3. The molecular formula is C18H13O. The number of hydrogen-bond donors (Lipinski definition) is 0. The summed E-state index contributed by atoms with van der Waals surface area (Å²) in [6, 6.07) is 28.9. The molecule has 0 N–H and O–H groups in total. The molecule has 3 aromatic carbocycles. The van der Waals surface area contributed by atoms with Crippen LogP contribution in [0.1, 0.15) is 0 Å². The van der Waals surface area contributed by atoms with Crippen molar-refractivity contribution >= 4 is 0 Å². The predicted molar refractivity (Wildman–Crippen MR) is 77.2 cm³/mol. The van der Waals surface area contributed by atoms with Gasteiger partial charge in [-0.25, -0.2) is 0 Å². The molecule has 1 radical (unpaired) electrons. The summed E-state index contributed by atoms with van der Waals surface area (Å²) in [6.45, 7) is 0. The molecule has 0 aliphatic rings. The van der Waals surface area contributed by atoms with Crippen LogP contribution in [0, 0.1) is 6.07 Å². The zero-order chi connectivity index (χ0) is 12.9. The minimum atomic E-state index is 0.842. The van der Waals surface area contributed by atoms with Crippen LogP contribution in [0.2, 0.25) is 0 Å². The van der Waals surface area contributed by atoms with Crippen LogP contribution in [0.4, 0.5) is 0 Å². The highest BCUT2D eigenvalue weighted by Gasteiger charge is 1.99. The molecule has 0 unspecified atom stereocenters. The van der Waals surface area contributed by atoms with Gasteiger partial charge in [0, 0.05) is 0 Å². The monoisotopic (exact) mass is 245 g/mol. The van der Waals surface area contributed by atoms with Crippen molar-refractivity contribution in [2.45, 2.75) is 0 Å². The molecule has 0 bridgehead atoms. The fourth-order valence-corrected chi connectivity index (χ4v) is 1.91. The molecule has 3 rings (SSSR count). The van der Waals surface area contributed by atoms with E-state index in [9.17, 15) is 0 Å². The molecule has 0 fully saturated rings. The second kappa shape index (κ2) is 5.40. The van der Waals surface area contributed by atoms with Gasteiger partial charge in [-0.15, -0.1) is 0 Å². The molecule has 0 spiro atoms. The van der Waals surface area contributed by atoms with E-state index in [-0.39, 0.29) is 0 Å². The van der Waals surface area contributed by atoms with Crippen LogP contribution in [-0.2, 0) is 0 Å². The smallest absolute Gasteiger partial charge is 0.127 e. The standard InChI is InChI=1S/C18H13O/c1-3-7-15(8-4-1)16-11-13-18(14-12-16)19-17-9-5-2-6-10-17/h1-3,5-14H. The van der Waals surface area contributed by atoms with Crippen LogP contribution in [0.5, 0.6) is 11.5 Å². The van der Waals surface area contributed by atoms with Gasteiger partial charge in [-0.05, 0) is 47.5 Å². The Balaban J connectivity index is 1.80. The van der Waals surface area contributed by atoms with Crippen molar-refractivity contribution in [2.75, 3.05) is 0 Å². The first-order valence-corrected chi connectivity index (χ1v) is 6.21. The lowest BCUT2D eigenvalue weighted by molar-refractivity contribution is 0.483. The third-order valence-electron chi connectivity index (χ3n) is 2.87. The topological polar surface area (TPSA) is 9.23 Å². The zero-order valence-electron chi connectivity index (χ0n) is 10.4. The largest absolute Gasteiger partial charge is 0.457 e. The van der Waals surface area contributed by atoms with Crippen molar-refractivity contribution in [3.05, 3.63) is 84.9 Å². The molecule has 0 heterocycles. The average Bonchev–Trinajstić information content (AvgIpc) is 2.50. The van der Waals surface area contributed by atoms with Crippen molar-refractivity contribution < 1.29 is 4.74 Å². The molecule has 91 valence electrons. The number of para-hydroxylation sites is 1.